The van der Waals surface area contributed by atoms with Crippen molar-refractivity contribution < 1.29 is 41.8 Å². The van der Waals surface area contributed by atoms with E-state index in [0.717, 1.165) is 0 Å². The average molecular weight is 437 g/mol. The lowest BCUT2D eigenvalue weighted by atomic mass is 9.79. The van der Waals surface area contributed by atoms with Crippen molar-refractivity contribution in [3.63, 3.8) is 0 Å². The molecule has 170 valence electrons. The SMILES string of the molecule is CC(C)(C)OC(=O)N[C@H]1CO[C@H](C(=O)NNC(=O)C2(OC(F)(F)F)CCC2)C2CC21. The van der Waals surface area contributed by atoms with E-state index < -0.39 is 41.6 Å². The van der Waals surface area contributed by atoms with Crippen LogP contribution in [0.5, 0.6) is 0 Å². The Bertz CT molecular complexity index is 704. The van der Waals surface area contributed by atoms with Gasteiger partial charge in [-0.15, -0.1) is 13.2 Å². The fraction of sp³-hybridized carbons (Fsp3) is 0.833. The highest BCUT2D eigenvalue weighted by molar-refractivity contribution is 5.89. The Balaban J connectivity index is 1.46. The molecule has 0 aromatic rings. The second-order valence-corrected chi connectivity index (χ2v) is 8.91. The van der Waals surface area contributed by atoms with Crippen molar-refractivity contribution in [2.45, 2.75) is 76.2 Å². The number of carbonyl (C=O) groups is 3. The highest BCUT2D eigenvalue weighted by atomic mass is 19.4. The van der Waals surface area contributed by atoms with Gasteiger partial charge in [-0.1, -0.05) is 0 Å². The Morgan fingerprint density at radius 3 is 2.27 bits per heavy atom. The molecule has 1 saturated heterocycles. The topological polar surface area (TPSA) is 115 Å². The molecular weight excluding hydrogens is 411 g/mol. The van der Waals surface area contributed by atoms with Gasteiger partial charge in [-0.3, -0.25) is 25.2 Å². The van der Waals surface area contributed by atoms with Gasteiger partial charge >= 0.3 is 12.5 Å². The van der Waals surface area contributed by atoms with Gasteiger partial charge in [0, 0.05) is 0 Å². The summed E-state index contributed by atoms with van der Waals surface area (Å²) in [4.78, 5) is 36.4. The minimum absolute atomic E-state index is 0.0178. The molecule has 30 heavy (non-hydrogen) atoms. The molecule has 9 nitrogen and oxygen atoms in total. The van der Waals surface area contributed by atoms with Crippen molar-refractivity contribution in [3.8, 4) is 0 Å². The van der Waals surface area contributed by atoms with Crippen LogP contribution in [-0.4, -0.2) is 54.2 Å². The van der Waals surface area contributed by atoms with Gasteiger partial charge in [0.1, 0.15) is 11.7 Å². The first-order valence-electron chi connectivity index (χ1n) is 9.78. The third-order valence-corrected chi connectivity index (χ3v) is 5.40. The minimum atomic E-state index is -4.95. The number of hydrogen-bond acceptors (Lipinski definition) is 6. The summed E-state index contributed by atoms with van der Waals surface area (Å²) in [6, 6.07) is -0.304. The first kappa shape index (κ1) is 22.6. The number of carbonyl (C=O) groups excluding carboxylic acids is 3. The molecule has 3 rings (SSSR count). The highest BCUT2D eigenvalue weighted by Crippen LogP contribution is 2.48. The molecule has 2 unspecified atom stereocenters. The molecule has 4 atom stereocenters. The minimum Gasteiger partial charge on any atom is -0.444 e. The summed E-state index contributed by atoms with van der Waals surface area (Å²) >= 11 is 0. The lowest BCUT2D eigenvalue weighted by molar-refractivity contribution is -0.370. The summed E-state index contributed by atoms with van der Waals surface area (Å²) in [5, 5.41) is 2.72. The van der Waals surface area contributed by atoms with Gasteiger partial charge in [-0.05, 0) is 58.3 Å². The van der Waals surface area contributed by atoms with Crippen molar-refractivity contribution in [3.05, 3.63) is 0 Å². The second-order valence-electron chi connectivity index (χ2n) is 8.91. The Kier molecular flexibility index (Phi) is 5.93. The van der Waals surface area contributed by atoms with Gasteiger partial charge in [-0.2, -0.15) is 0 Å². The molecule has 3 fully saturated rings. The molecular formula is C18H26F3N3O6. The van der Waals surface area contributed by atoms with Gasteiger partial charge in [0.2, 0.25) is 0 Å². The molecule has 0 aromatic heterocycles. The first-order valence-corrected chi connectivity index (χ1v) is 9.78. The van der Waals surface area contributed by atoms with E-state index in [0.29, 0.717) is 12.8 Å². The smallest absolute Gasteiger partial charge is 0.444 e. The van der Waals surface area contributed by atoms with Crippen LogP contribution in [0.15, 0.2) is 0 Å². The van der Waals surface area contributed by atoms with Crippen LogP contribution in [0, 0.1) is 11.8 Å². The number of hydrogen-bond donors (Lipinski definition) is 3. The number of fused-ring (bicyclic) bond motifs is 1. The van der Waals surface area contributed by atoms with Gasteiger partial charge in [-0.25, -0.2) is 4.79 Å². The van der Waals surface area contributed by atoms with E-state index in [4.69, 9.17) is 9.47 Å². The van der Waals surface area contributed by atoms with Crippen LogP contribution in [0.4, 0.5) is 18.0 Å². The maximum atomic E-state index is 12.5. The molecule has 0 aromatic carbocycles. The van der Waals surface area contributed by atoms with Crippen molar-refractivity contribution in [2.24, 2.45) is 11.8 Å². The Morgan fingerprint density at radius 2 is 1.73 bits per heavy atom. The van der Waals surface area contributed by atoms with Gasteiger partial charge in [0.15, 0.2) is 5.60 Å². The monoisotopic (exact) mass is 437 g/mol. The summed E-state index contributed by atoms with van der Waals surface area (Å²) in [6.07, 6.45) is -5.52. The zero-order valence-electron chi connectivity index (χ0n) is 16.9. The van der Waals surface area contributed by atoms with Crippen molar-refractivity contribution in [1.82, 2.24) is 16.2 Å². The fourth-order valence-electron chi connectivity index (χ4n) is 3.78. The van der Waals surface area contributed by atoms with E-state index in [1.807, 2.05) is 5.43 Å². The maximum absolute atomic E-state index is 12.5. The number of amides is 3. The highest BCUT2D eigenvalue weighted by Gasteiger charge is 2.56. The Hall–Kier alpha value is -2.08. The molecule has 3 N–H and O–H groups in total. The number of hydrazine groups is 1. The maximum Gasteiger partial charge on any atom is 0.523 e. The zero-order valence-corrected chi connectivity index (χ0v) is 16.9. The number of rotatable bonds is 4. The summed E-state index contributed by atoms with van der Waals surface area (Å²) in [7, 11) is 0. The molecule has 0 bridgehead atoms. The van der Waals surface area contributed by atoms with Crippen LogP contribution < -0.4 is 16.2 Å². The molecule has 12 heteroatoms. The predicted octanol–water partition coefficient (Wildman–Crippen LogP) is 1.52. The van der Waals surface area contributed by atoms with Crippen molar-refractivity contribution in [1.29, 1.82) is 0 Å². The Morgan fingerprint density at radius 1 is 1.07 bits per heavy atom. The predicted molar refractivity (Wildman–Crippen MR) is 94.5 cm³/mol. The van der Waals surface area contributed by atoms with Crippen LogP contribution >= 0.6 is 0 Å². The lowest BCUT2D eigenvalue weighted by Crippen LogP contribution is -2.61. The first-order chi connectivity index (χ1) is 13.8. The lowest BCUT2D eigenvalue weighted by Gasteiger charge is -2.39. The van der Waals surface area contributed by atoms with E-state index in [1.165, 1.54) is 0 Å². The Labute approximate surface area is 171 Å². The van der Waals surface area contributed by atoms with Gasteiger partial charge < -0.3 is 14.8 Å². The molecule has 0 spiro atoms. The summed E-state index contributed by atoms with van der Waals surface area (Å²) < 4.78 is 52.3. The molecule has 3 amide bonds. The van der Waals surface area contributed by atoms with Gasteiger partial charge in [0.05, 0.1) is 12.6 Å². The average Bonchev–Trinajstić information content (AvgIpc) is 3.34. The normalized spacial score (nSPS) is 29.7. The van der Waals surface area contributed by atoms with Crippen LogP contribution in [0.3, 0.4) is 0 Å². The van der Waals surface area contributed by atoms with E-state index >= 15 is 0 Å². The molecule has 0 radical (unpaired) electrons. The number of alkyl carbamates (subject to hydrolysis) is 1. The standard InChI is InChI=1S/C18H26F3N3O6/c1-16(2,3)29-15(27)22-11-8-28-12(10-7-9(10)11)13(25)23-24-14(26)17(5-4-6-17)30-18(19,20)21/h9-12H,4-8H2,1-3H3,(H,22,27)(H,23,25)(H,24,26)/t9?,10?,11-,12-/m0/s1. The van der Waals surface area contributed by atoms with Crippen LogP contribution in [0.1, 0.15) is 46.5 Å². The van der Waals surface area contributed by atoms with Crippen molar-refractivity contribution >= 4 is 17.9 Å². The number of nitrogens with one attached hydrogen (secondary N) is 3. The summed E-state index contributed by atoms with van der Waals surface area (Å²) in [5.41, 5.74) is 1.50. The van der Waals surface area contributed by atoms with Gasteiger partial charge in [0.25, 0.3) is 11.8 Å². The molecule has 2 saturated carbocycles. The molecule has 1 aliphatic heterocycles. The van der Waals surface area contributed by atoms with Crippen molar-refractivity contribution in [2.75, 3.05) is 6.61 Å². The van der Waals surface area contributed by atoms with E-state index in [9.17, 15) is 27.6 Å². The quantitative estimate of drug-likeness (QED) is 0.575. The van der Waals surface area contributed by atoms with Crippen LogP contribution in [-0.2, 0) is 23.8 Å². The number of halogens is 3. The third-order valence-electron chi connectivity index (χ3n) is 5.40. The molecule has 3 aliphatic rings. The third kappa shape index (κ3) is 5.34. The van der Waals surface area contributed by atoms with E-state index in [2.05, 4.69) is 15.5 Å². The number of ether oxygens (including phenoxy) is 3. The zero-order chi connectivity index (χ0) is 22.3. The van der Waals surface area contributed by atoms with Crippen LogP contribution in [0.2, 0.25) is 0 Å². The van der Waals surface area contributed by atoms with E-state index in [-0.39, 0.29) is 37.3 Å². The second kappa shape index (κ2) is 7.88. The van der Waals surface area contributed by atoms with E-state index in [1.54, 1.807) is 20.8 Å². The summed E-state index contributed by atoms with van der Waals surface area (Å²) in [6.45, 7) is 5.30. The molecule has 1 heterocycles. The fourth-order valence-corrected chi connectivity index (χ4v) is 3.78. The summed E-state index contributed by atoms with van der Waals surface area (Å²) in [5.74, 6) is -1.86. The molecule has 2 aliphatic carbocycles. The largest absolute Gasteiger partial charge is 0.523 e. The number of alkyl halides is 3. The van der Waals surface area contributed by atoms with Crippen LogP contribution in [0.25, 0.3) is 0 Å².